The third-order valence-corrected chi connectivity index (χ3v) is 7.44. The zero-order valence-corrected chi connectivity index (χ0v) is 16.8. The lowest BCUT2D eigenvalue weighted by molar-refractivity contribution is 0.00578. The number of nitrogens with zero attached hydrogens (tertiary/aromatic N) is 3. The van der Waals surface area contributed by atoms with Crippen LogP contribution >= 0.6 is 0 Å². The summed E-state index contributed by atoms with van der Waals surface area (Å²) in [7, 11) is -2.43. The van der Waals surface area contributed by atoms with E-state index in [0.717, 1.165) is 0 Å². The molecule has 10 heteroatoms. The summed E-state index contributed by atoms with van der Waals surface area (Å²) in [6.07, 6.45) is 1.51. The number of hydrogen-bond donors (Lipinski definition) is 1. The number of nitrogen functional groups attached to an aromatic ring is 1. The summed E-state index contributed by atoms with van der Waals surface area (Å²) in [6.45, 7) is 10.0. The standard InChI is InChI=1S/C16H27BN4O4S/c1-15(2)16(3,4)25-17(24-15)12-10-13(14(18)19-11-12)26(22,23)21-8-6-20(5)7-9-21/h10-11H,6-9H2,1-5H3,(H2,18,19). The zero-order valence-electron chi connectivity index (χ0n) is 16.0. The maximum atomic E-state index is 13.0. The number of likely N-dealkylation sites (N-methyl/N-ethyl adjacent to an activating group) is 1. The van der Waals surface area contributed by atoms with Crippen molar-refractivity contribution in [1.29, 1.82) is 0 Å². The molecule has 144 valence electrons. The highest BCUT2D eigenvalue weighted by Gasteiger charge is 2.52. The van der Waals surface area contributed by atoms with Crippen LogP contribution in [0.3, 0.4) is 0 Å². The fourth-order valence-corrected chi connectivity index (χ4v) is 4.48. The van der Waals surface area contributed by atoms with E-state index < -0.39 is 28.3 Å². The summed E-state index contributed by atoms with van der Waals surface area (Å²) in [5, 5.41) is 0. The van der Waals surface area contributed by atoms with E-state index in [4.69, 9.17) is 15.0 Å². The zero-order chi connectivity index (χ0) is 19.3. The number of aromatic nitrogens is 1. The van der Waals surface area contributed by atoms with Gasteiger partial charge in [0, 0.05) is 37.8 Å². The monoisotopic (exact) mass is 382 g/mol. The highest BCUT2D eigenvalue weighted by atomic mass is 32.2. The van der Waals surface area contributed by atoms with Gasteiger partial charge in [-0.3, -0.25) is 0 Å². The van der Waals surface area contributed by atoms with E-state index >= 15 is 0 Å². The molecule has 0 radical (unpaired) electrons. The van der Waals surface area contributed by atoms with Gasteiger partial charge in [-0.2, -0.15) is 4.31 Å². The van der Waals surface area contributed by atoms with E-state index in [9.17, 15) is 8.42 Å². The Bertz CT molecular complexity index is 775. The first-order chi connectivity index (χ1) is 11.9. The molecule has 3 rings (SSSR count). The van der Waals surface area contributed by atoms with E-state index in [2.05, 4.69) is 9.88 Å². The Hall–Kier alpha value is -1.20. The molecule has 1 aromatic rings. The third-order valence-electron chi connectivity index (χ3n) is 5.51. The first-order valence-electron chi connectivity index (χ1n) is 8.74. The molecule has 1 aromatic heterocycles. The second kappa shape index (κ2) is 6.45. The highest BCUT2D eigenvalue weighted by molar-refractivity contribution is 7.89. The summed E-state index contributed by atoms with van der Waals surface area (Å²) in [5.74, 6) is -0.0100. The minimum atomic E-state index is -3.72. The molecule has 26 heavy (non-hydrogen) atoms. The maximum absolute atomic E-state index is 13.0. The number of anilines is 1. The van der Waals surface area contributed by atoms with Gasteiger partial charge >= 0.3 is 7.12 Å². The lowest BCUT2D eigenvalue weighted by atomic mass is 9.80. The van der Waals surface area contributed by atoms with Crippen LogP contribution in [0.4, 0.5) is 5.82 Å². The van der Waals surface area contributed by atoms with Crippen LogP contribution < -0.4 is 11.2 Å². The van der Waals surface area contributed by atoms with Gasteiger partial charge in [-0.05, 0) is 40.8 Å². The van der Waals surface area contributed by atoms with Gasteiger partial charge < -0.3 is 19.9 Å². The van der Waals surface area contributed by atoms with E-state index in [1.165, 1.54) is 16.6 Å². The number of piperazine rings is 1. The van der Waals surface area contributed by atoms with Crippen LogP contribution in [0.15, 0.2) is 17.2 Å². The second-order valence-corrected chi connectivity index (χ2v) is 9.85. The molecule has 2 fully saturated rings. The predicted molar refractivity (Wildman–Crippen MR) is 101 cm³/mol. The van der Waals surface area contributed by atoms with Crippen molar-refractivity contribution in [2.75, 3.05) is 39.0 Å². The van der Waals surface area contributed by atoms with Gasteiger partial charge in [-0.1, -0.05) is 0 Å². The Morgan fingerprint density at radius 1 is 1.12 bits per heavy atom. The Balaban J connectivity index is 1.92. The van der Waals surface area contributed by atoms with Gasteiger partial charge in [0.2, 0.25) is 10.0 Å². The first kappa shape index (κ1) is 19.6. The molecule has 0 saturated carbocycles. The molecule has 2 aliphatic rings. The molecular formula is C16H27BN4O4S. The normalized spacial score (nSPS) is 24.1. The summed E-state index contributed by atoms with van der Waals surface area (Å²) in [6, 6.07) is 1.53. The molecule has 0 atom stereocenters. The van der Waals surface area contributed by atoms with E-state index in [0.29, 0.717) is 31.6 Å². The summed E-state index contributed by atoms with van der Waals surface area (Å²) >= 11 is 0. The van der Waals surface area contributed by atoms with Crippen LogP contribution in [0, 0.1) is 0 Å². The average molecular weight is 382 g/mol. The van der Waals surface area contributed by atoms with E-state index in [-0.39, 0.29) is 10.7 Å². The Labute approximate surface area is 155 Å². The molecule has 2 N–H and O–H groups in total. The number of hydrogen-bond acceptors (Lipinski definition) is 7. The molecule has 8 nitrogen and oxygen atoms in total. The Morgan fingerprint density at radius 2 is 1.65 bits per heavy atom. The van der Waals surface area contributed by atoms with Gasteiger partial charge in [0.15, 0.2) is 0 Å². The van der Waals surface area contributed by atoms with Crippen LogP contribution in [0.25, 0.3) is 0 Å². The minimum Gasteiger partial charge on any atom is -0.399 e. The topological polar surface area (TPSA) is 98.0 Å². The minimum absolute atomic E-state index is 0.00858. The lowest BCUT2D eigenvalue weighted by Gasteiger charge is -2.32. The molecule has 0 aliphatic carbocycles. The Morgan fingerprint density at radius 3 is 2.19 bits per heavy atom. The average Bonchev–Trinajstić information content (AvgIpc) is 2.76. The fraction of sp³-hybridized carbons (Fsp3) is 0.688. The van der Waals surface area contributed by atoms with Crippen molar-refractivity contribution < 1.29 is 17.7 Å². The number of rotatable bonds is 3. The predicted octanol–water partition coefficient (Wildman–Crippen LogP) is -0.101. The van der Waals surface area contributed by atoms with Crippen LogP contribution in [0.5, 0.6) is 0 Å². The van der Waals surface area contributed by atoms with Gasteiger partial charge in [0.1, 0.15) is 10.7 Å². The molecular weight excluding hydrogens is 355 g/mol. The van der Waals surface area contributed by atoms with Crippen molar-refractivity contribution in [2.45, 2.75) is 43.8 Å². The van der Waals surface area contributed by atoms with Crippen LogP contribution in [-0.4, -0.2) is 74.2 Å². The quantitative estimate of drug-likeness (QED) is 0.729. The van der Waals surface area contributed by atoms with Crippen LogP contribution in [-0.2, 0) is 19.3 Å². The molecule has 2 saturated heterocycles. The molecule has 0 spiro atoms. The Kier molecular flexibility index (Phi) is 4.85. The summed E-state index contributed by atoms with van der Waals surface area (Å²) < 4.78 is 39.5. The van der Waals surface area contributed by atoms with Gasteiger partial charge in [-0.15, -0.1) is 0 Å². The van der Waals surface area contributed by atoms with Crippen LogP contribution in [0.2, 0.25) is 0 Å². The second-order valence-electron chi connectivity index (χ2n) is 7.95. The third kappa shape index (κ3) is 3.36. The van der Waals surface area contributed by atoms with Crippen molar-refractivity contribution in [2.24, 2.45) is 0 Å². The number of nitrogens with two attached hydrogens (primary N) is 1. The summed E-state index contributed by atoms with van der Waals surface area (Å²) in [4.78, 5) is 6.20. The van der Waals surface area contributed by atoms with Gasteiger partial charge in [0.05, 0.1) is 11.2 Å². The van der Waals surface area contributed by atoms with Crippen molar-refractivity contribution in [3.63, 3.8) is 0 Å². The largest absolute Gasteiger partial charge is 0.496 e. The molecule has 0 bridgehead atoms. The highest BCUT2D eigenvalue weighted by Crippen LogP contribution is 2.36. The maximum Gasteiger partial charge on any atom is 0.496 e. The van der Waals surface area contributed by atoms with Crippen molar-refractivity contribution >= 4 is 28.4 Å². The molecule has 0 aromatic carbocycles. The lowest BCUT2D eigenvalue weighted by Crippen LogP contribution is -2.47. The molecule has 0 unspecified atom stereocenters. The van der Waals surface area contributed by atoms with E-state index in [1.807, 2.05) is 34.7 Å². The summed E-state index contributed by atoms with van der Waals surface area (Å²) in [5.41, 5.74) is 5.42. The van der Waals surface area contributed by atoms with Crippen molar-refractivity contribution in [3.8, 4) is 0 Å². The molecule has 3 heterocycles. The van der Waals surface area contributed by atoms with Crippen LogP contribution in [0.1, 0.15) is 27.7 Å². The van der Waals surface area contributed by atoms with Gasteiger partial charge in [-0.25, -0.2) is 13.4 Å². The number of sulfonamides is 1. The smallest absolute Gasteiger partial charge is 0.399 e. The molecule has 0 amide bonds. The van der Waals surface area contributed by atoms with E-state index in [1.54, 1.807) is 0 Å². The van der Waals surface area contributed by atoms with Crippen molar-refractivity contribution in [1.82, 2.24) is 14.2 Å². The fourth-order valence-electron chi connectivity index (χ4n) is 2.95. The SMILES string of the molecule is CN1CCN(S(=O)(=O)c2cc(B3OC(C)(C)C(C)(C)O3)cnc2N)CC1. The van der Waals surface area contributed by atoms with Gasteiger partial charge in [0.25, 0.3) is 0 Å². The first-order valence-corrected chi connectivity index (χ1v) is 10.2. The van der Waals surface area contributed by atoms with Crippen molar-refractivity contribution in [3.05, 3.63) is 12.3 Å². The number of pyridine rings is 1. The molecule has 2 aliphatic heterocycles.